The van der Waals surface area contributed by atoms with Crippen molar-refractivity contribution in [2.24, 2.45) is 10.9 Å². The molecule has 0 bridgehead atoms. The lowest BCUT2D eigenvalue weighted by Crippen LogP contribution is -2.40. The molecule has 0 spiro atoms. The number of nitrogens with zero attached hydrogens (tertiary/aromatic N) is 3. The van der Waals surface area contributed by atoms with Crippen LogP contribution >= 0.6 is 39.9 Å². The van der Waals surface area contributed by atoms with Gasteiger partial charge in [-0.1, -0.05) is 6.07 Å². The molecule has 0 aromatic heterocycles. The zero-order valence-electron chi connectivity index (χ0n) is 15.4. The van der Waals surface area contributed by atoms with Crippen molar-refractivity contribution in [2.45, 2.75) is 32.7 Å². The maximum atomic E-state index is 13.7. The summed E-state index contributed by atoms with van der Waals surface area (Å²) < 4.78 is 14.2. The van der Waals surface area contributed by atoms with E-state index >= 15 is 0 Å². The minimum Gasteiger partial charge on any atom is -0.357 e. The minimum atomic E-state index is -0.232. The quantitative estimate of drug-likeness (QED) is 0.348. The van der Waals surface area contributed by atoms with E-state index in [2.05, 4.69) is 38.0 Å². The first-order valence-electron chi connectivity index (χ1n) is 9.35. The van der Waals surface area contributed by atoms with Crippen LogP contribution in [-0.2, 0) is 6.54 Å². The van der Waals surface area contributed by atoms with Crippen molar-refractivity contribution in [2.75, 3.05) is 39.3 Å². The van der Waals surface area contributed by atoms with Crippen molar-refractivity contribution in [1.29, 1.82) is 0 Å². The van der Waals surface area contributed by atoms with Gasteiger partial charge in [0.05, 0.1) is 11.0 Å². The molecule has 2 heterocycles. The normalized spacial score (nSPS) is 21.1. The summed E-state index contributed by atoms with van der Waals surface area (Å²) >= 11 is 3.20. The van der Waals surface area contributed by atoms with E-state index in [1.54, 1.807) is 12.1 Å². The maximum absolute atomic E-state index is 13.7. The van der Waals surface area contributed by atoms with E-state index in [4.69, 9.17) is 4.99 Å². The van der Waals surface area contributed by atoms with Crippen LogP contribution in [0.25, 0.3) is 0 Å². The Labute approximate surface area is 181 Å². The maximum Gasteiger partial charge on any atom is 0.194 e. The van der Waals surface area contributed by atoms with Gasteiger partial charge < -0.3 is 15.1 Å². The van der Waals surface area contributed by atoms with Crippen molar-refractivity contribution < 1.29 is 4.39 Å². The summed E-state index contributed by atoms with van der Waals surface area (Å²) in [4.78, 5) is 9.70. The SMILES string of the molecule is CCNC(=NCc1ccc(Br)c(F)c1)N1CCC(CN2CCCC2)C1.I. The van der Waals surface area contributed by atoms with Crippen molar-refractivity contribution in [1.82, 2.24) is 15.1 Å². The summed E-state index contributed by atoms with van der Waals surface area (Å²) in [5, 5.41) is 3.39. The van der Waals surface area contributed by atoms with Gasteiger partial charge in [0, 0.05) is 26.2 Å². The molecular formula is C19H29BrFIN4. The molecular weight excluding hydrogens is 510 g/mol. The number of guanidine groups is 1. The number of nitrogens with one attached hydrogen (secondary N) is 1. The zero-order valence-corrected chi connectivity index (χ0v) is 19.3. The van der Waals surface area contributed by atoms with Crippen LogP contribution in [0, 0.1) is 11.7 Å². The summed E-state index contributed by atoms with van der Waals surface area (Å²) in [6, 6.07) is 5.22. The molecule has 0 radical (unpaired) electrons. The third-order valence-corrected chi connectivity index (χ3v) is 5.67. The lowest BCUT2D eigenvalue weighted by atomic mass is 10.1. The summed E-state index contributed by atoms with van der Waals surface area (Å²) in [6.07, 6.45) is 3.93. The number of likely N-dealkylation sites (tertiary alicyclic amines) is 2. The molecule has 2 aliphatic rings. The van der Waals surface area contributed by atoms with Crippen LogP contribution < -0.4 is 5.32 Å². The monoisotopic (exact) mass is 538 g/mol. The summed E-state index contributed by atoms with van der Waals surface area (Å²) in [6.45, 7) is 9.30. The molecule has 0 saturated carbocycles. The standard InChI is InChI=1S/C19H28BrFN4.HI/c1-2-22-19(23-12-15-5-6-17(20)18(21)11-15)25-10-7-16(14-25)13-24-8-3-4-9-24;/h5-6,11,16H,2-4,7-10,12-14H2,1H3,(H,22,23);1H. The van der Waals surface area contributed by atoms with Crippen LogP contribution in [0.4, 0.5) is 4.39 Å². The van der Waals surface area contributed by atoms with Crippen LogP contribution in [0.3, 0.4) is 0 Å². The number of benzene rings is 1. The highest BCUT2D eigenvalue weighted by molar-refractivity contribution is 14.0. The fraction of sp³-hybridized carbons (Fsp3) is 0.632. The molecule has 1 aromatic rings. The predicted molar refractivity (Wildman–Crippen MR) is 120 cm³/mol. The van der Waals surface area contributed by atoms with Gasteiger partial charge in [0.2, 0.25) is 0 Å². The summed E-state index contributed by atoms with van der Waals surface area (Å²) in [5.74, 6) is 1.45. The number of rotatable bonds is 5. The van der Waals surface area contributed by atoms with Gasteiger partial charge in [0.15, 0.2) is 5.96 Å². The molecule has 2 aliphatic heterocycles. The first kappa shape index (κ1) is 21.9. The molecule has 0 amide bonds. The number of aliphatic imine (C=N–C) groups is 1. The first-order valence-corrected chi connectivity index (χ1v) is 10.1. The van der Waals surface area contributed by atoms with E-state index in [0.717, 1.165) is 37.1 Å². The first-order chi connectivity index (χ1) is 12.2. The largest absolute Gasteiger partial charge is 0.357 e. The Hall–Kier alpha value is -0.410. The van der Waals surface area contributed by atoms with Gasteiger partial charge in [0.25, 0.3) is 0 Å². The minimum absolute atomic E-state index is 0. The molecule has 0 aliphatic carbocycles. The highest BCUT2D eigenvalue weighted by atomic mass is 127. The fourth-order valence-corrected chi connectivity index (χ4v) is 3.98. The molecule has 7 heteroatoms. The van der Waals surface area contributed by atoms with Gasteiger partial charge in [-0.25, -0.2) is 9.38 Å². The van der Waals surface area contributed by atoms with Crippen LogP contribution in [0.5, 0.6) is 0 Å². The van der Waals surface area contributed by atoms with Crippen molar-refractivity contribution in [3.8, 4) is 0 Å². The smallest absolute Gasteiger partial charge is 0.194 e. The Bertz CT molecular complexity index is 607. The third kappa shape index (κ3) is 6.05. The molecule has 2 saturated heterocycles. The zero-order chi connectivity index (χ0) is 17.6. The molecule has 2 fully saturated rings. The Morgan fingerprint density at radius 3 is 2.77 bits per heavy atom. The average Bonchev–Trinajstić information content (AvgIpc) is 3.27. The molecule has 4 nitrogen and oxygen atoms in total. The lowest BCUT2D eigenvalue weighted by Gasteiger charge is -2.23. The van der Waals surface area contributed by atoms with E-state index in [-0.39, 0.29) is 29.8 Å². The highest BCUT2D eigenvalue weighted by Gasteiger charge is 2.27. The lowest BCUT2D eigenvalue weighted by molar-refractivity contribution is 0.281. The predicted octanol–water partition coefficient (Wildman–Crippen LogP) is 4.09. The summed E-state index contributed by atoms with van der Waals surface area (Å²) in [5.41, 5.74) is 0.893. The van der Waals surface area contributed by atoms with Gasteiger partial charge in [-0.15, -0.1) is 24.0 Å². The van der Waals surface area contributed by atoms with Gasteiger partial charge >= 0.3 is 0 Å². The Balaban J connectivity index is 0.00000243. The van der Waals surface area contributed by atoms with Crippen LogP contribution in [0.15, 0.2) is 27.7 Å². The van der Waals surface area contributed by atoms with E-state index in [9.17, 15) is 4.39 Å². The Morgan fingerprint density at radius 1 is 1.31 bits per heavy atom. The van der Waals surface area contributed by atoms with Crippen molar-refractivity contribution in [3.05, 3.63) is 34.1 Å². The second kappa shape index (κ2) is 10.8. The highest BCUT2D eigenvalue weighted by Crippen LogP contribution is 2.21. The number of hydrogen-bond acceptors (Lipinski definition) is 2. The molecule has 146 valence electrons. The number of hydrogen-bond donors (Lipinski definition) is 1. The molecule has 1 atom stereocenters. The molecule has 1 aromatic carbocycles. The second-order valence-corrected chi connectivity index (χ2v) is 7.88. The summed E-state index contributed by atoms with van der Waals surface area (Å²) in [7, 11) is 0. The van der Waals surface area contributed by atoms with E-state index in [1.165, 1.54) is 38.9 Å². The Kier molecular flexibility index (Phi) is 9.09. The van der Waals surface area contributed by atoms with E-state index < -0.39 is 0 Å². The van der Waals surface area contributed by atoms with Crippen molar-refractivity contribution >= 4 is 45.9 Å². The fourth-order valence-electron chi connectivity index (χ4n) is 3.73. The van der Waals surface area contributed by atoms with Gasteiger partial charge in [-0.05, 0) is 78.8 Å². The third-order valence-electron chi connectivity index (χ3n) is 5.03. The van der Waals surface area contributed by atoms with Gasteiger partial charge in [-0.3, -0.25) is 0 Å². The van der Waals surface area contributed by atoms with Crippen LogP contribution in [0.1, 0.15) is 31.7 Å². The molecule has 1 N–H and O–H groups in total. The molecule has 1 unspecified atom stereocenters. The van der Waals surface area contributed by atoms with E-state index in [0.29, 0.717) is 11.0 Å². The van der Waals surface area contributed by atoms with E-state index in [1.807, 2.05) is 6.07 Å². The Morgan fingerprint density at radius 2 is 2.08 bits per heavy atom. The topological polar surface area (TPSA) is 30.9 Å². The second-order valence-electron chi connectivity index (χ2n) is 7.03. The average molecular weight is 539 g/mol. The van der Waals surface area contributed by atoms with Crippen LogP contribution in [0.2, 0.25) is 0 Å². The molecule has 3 rings (SSSR count). The molecule has 26 heavy (non-hydrogen) atoms. The number of halogens is 3. The van der Waals surface area contributed by atoms with Crippen molar-refractivity contribution in [3.63, 3.8) is 0 Å². The van der Waals surface area contributed by atoms with Crippen LogP contribution in [-0.4, -0.2) is 55.0 Å². The van der Waals surface area contributed by atoms with Gasteiger partial charge in [0.1, 0.15) is 5.82 Å². The van der Waals surface area contributed by atoms with Gasteiger partial charge in [-0.2, -0.15) is 0 Å².